The van der Waals surface area contributed by atoms with Gasteiger partial charge in [-0.1, -0.05) is 12.1 Å². The summed E-state index contributed by atoms with van der Waals surface area (Å²) in [5, 5.41) is 0. The summed E-state index contributed by atoms with van der Waals surface area (Å²) in [5.41, 5.74) is 0.855. The van der Waals surface area contributed by atoms with E-state index >= 15 is 0 Å². The van der Waals surface area contributed by atoms with Crippen LogP contribution < -0.4 is 0 Å². The molecule has 2 aliphatic rings. The van der Waals surface area contributed by atoms with Gasteiger partial charge in [-0.25, -0.2) is 9.37 Å². The maximum atomic E-state index is 13.3. The lowest BCUT2D eigenvalue weighted by Gasteiger charge is -2.21. The highest BCUT2D eigenvalue weighted by Gasteiger charge is 2.46. The number of imidazole rings is 1. The lowest BCUT2D eigenvalue weighted by atomic mass is 10.0. The van der Waals surface area contributed by atoms with Gasteiger partial charge in [0.2, 0.25) is 5.91 Å². The minimum absolute atomic E-state index is 0.0684. The minimum Gasteiger partial charge on any atom is -0.338 e. The molecule has 0 unspecified atom stereocenters. The van der Waals surface area contributed by atoms with Gasteiger partial charge in [-0.2, -0.15) is 0 Å². The molecule has 2 fully saturated rings. The van der Waals surface area contributed by atoms with Gasteiger partial charge < -0.3 is 9.47 Å². The number of halogens is 1. The maximum Gasteiger partial charge on any atom is 0.227 e. The fourth-order valence-electron chi connectivity index (χ4n) is 3.91. The smallest absolute Gasteiger partial charge is 0.227 e. The molecule has 0 N–H and O–H groups in total. The highest BCUT2D eigenvalue weighted by molar-refractivity contribution is 5.82. The Morgan fingerprint density at radius 2 is 2.12 bits per heavy atom. The van der Waals surface area contributed by atoms with E-state index in [0.717, 1.165) is 37.6 Å². The van der Waals surface area contributed by atoms with Gasteiger partial charge >= 0.3 is 0 Å². The first-order valence-corrected chi connectivity index (χ1v) is 8.32. The summed E-state index contributed by atoms with van der Waals surface area (Å²) in [6.07, 6.45) is 3.75. The second-order valence-corrected chi connectivity index (χ2v) is 6.86. The van der Waals surface area contributed by atoms with E-state index in [4.69, 9.17) is 0 Å². The van der Waals surface area contributed by atoms with E-state index in [-0.39, 0.29) is 17.6 Å². The van der Waals surface area contributed by atoms with Crippen molar-refractivity contribution < 1.29 is 9.18 Å². The van der Waals surface area contributed by atoms with E-state index in [1.54, 1.807) is 12.3 Å². The van der Waals surface area contributed by atoms with Crippen molar-refractivity contribution >= 4 is 5.91 Å². The van der Waals surface area contributed by atoms with Crippen LogP contribution in [-0.4, -0.2) is 44.9 Å². The molecule has 5 nitrogen and oxygen atoms in total. The fourth-order valence-corrected chi connectivity index (χ4v) is 3.91. The zero-order valence-corrected chi connectivity index (χ0v) is 13.7. The molecule has 4 rings (SSSR count). The SMILES string of the molecule is Cn1ccnc1CN1C[C@@H]2CN(Cc3cccc(F)c3)C(=O)[C@@H]2C1. The Morgan fingerprint density at radius 3 is 2.83 bits per heavy atom. The van der Waals surface area contributed by atoms with Crippen molar-refractivity contribution in [3.05, 3.63) is 53.9 Å². The number of likely N-dealkylation sites (tertiary alicyclic amines) is 2. The first-order chi connectivity index (χ1) is 11.6. The number of fused-ring (bicyclic) bond motifs is 1. The number of carbonyl (C=O) groups is 1. The molecule has 2 aliphatic heterocycles. The van der Waals surface area contributed by atoms with Crippen LogP contribution in [0.5, 0.6) is 0 Å². The molecule has 24 heavy (non-hydrogen) atoms. The van der Waals surface area contributed by atoms with Gasteiger partial charge in [0.25, 0.3) is 0 Å². The average Bonchev–Trinajstić information content (AvgIpc) is 3.19. The number of aromatic nitrogens is 2. The first kappa shape index (κ1) is 15.3. The molecule has 1 aromatic heterocycles. The lowest BCUT2D eigenvalue weighted by Crippen LogP contribution is -2.32. The zero-order valence-electron chi connectivity index (χ0n) is 13.7. The predicted molar refractivity (Wildman–Crippen MR) is 87.3 cm³/mol. The summed E-state index contributed by atoms with van der Waals surface area (Å²) in [4.78, 5) is 21.2. The predicted octanol–water partition coefficient (Wildman–Crippen LogP) is 1.65. The van der Waals surface area contributed by atoms with Crippen molar-refractivity contribution in [2.24, 2.45) is 18.9 Å². The Hall–Kier alpha value is -2.21. The average molecular weight is 328 g/mol. The third kappa shape index (κ3) is 2.82. The molecule has 1 aromatic carbocycles. The Labute approximate surface area is 140 Å². The number of benzene rings is 1. The minimum atomic E-state index is -0.249. The Bertz CT molecular complexity index is 759. The molecule has 0 aliphatic carbocycles. The van der Waals surface area contributed by atoms with Crippen molar-refractivity contribution in [2.75, 3.05) is 19.6 Å². The molecule has 0 spiro atoms. The molecule has 2 atom stereocenters. The largest absolute Gasteiger partial charge is 0.338 e. The van der Waals surface area contributed by atoms with Crippen LogP contribution in [0.2, 0.25) is 0 Å². The second-order valence-electron chi connectivity index (χ2n) is 6.86. The Morgan fingerprint density at radius 1 is 1.25 bits per heavy atom. The number of amides is 1. The first-order valence-electron chi connectivity index (χ1n) is 8.32. The van der Waals surface area contributed by atoms with Crippen LogP contribution in [0.4, 0.5) is 4.39 Å². The van der Waals surface area contributed by atoms with Crippen LogP contribution in [0.15, 0.2) is 36.7 Å². The van der Waals surface area contributed by atoms with Gasteiger partial charge in [0.1, 0.15) is 11.6 Å². The summed E-state index contributed by atoms with van der Waals surface area (Å²) in [7, 11) is 1.99. The molecular weight excluding hydrogens is 307 g/mol. The fraction of sp³-hybridized carbons (Fsp3) is 0.444. The van der Waals surface area contributed by atoms with Gasteiger partial charge in [-0.05, 0) is 17.7 Å². The number of hydrogen-bond acceptors (Lipinski definition) is 3. The number of aryl methyl sites for hydroxylation is 1. The third-order valence-corrected chi connectivity index (χ3v) is 5.15. The number of hydrogen-bond donors (Lipinski definition) is 0. The Kier molecular flexibility index (Phi) is 3.84. The third-order valence-electron chi connectivity index (χ3n) is 5.15. The van der Waals surface area contributed by atoms with Crippen molar-refractivity contribution in [3.63, 3.8) is 0 Å². The summed E-state index contributed by atoms with van der Waals surface area (Å²) in [6.45, 7) is 3.76. The van der Waals surface area contributed by atoms with Crippen LogP contribution >= 0.6 is 0 Å². The van der Waals surface area contributed by atoms with E-state index in [1.807, 2.05) is 28.8 Å². The van der Waals surface area contributed by atoms with E-state index in [1.165, 1.54) is 12.1 Å². The summed E-state index contributed by atoms with van der Waals surface area (Å²) in [5.74, 6) is 1.41. The van der Waals surface area contributed by atoms with E-state index in [0.29, 0.717) is 12.5 Å². The second kappa shape index (κ2) is 6.02. The molecule has 0 bridgehead atoms. The number of rotatable bonds is 4. The highest BCUT2D eigenvalue weighted by Crippen LogP contribution is 2.33. The van der Waals surface area contributed by atoms with Crippen LogP contribution in [0, 0.1) is 17.7 Å². The van der Waals surface area contributed by atoms with Crippen molar-refractivity contribution in [1.29, 1.82) is 0 Å². The van der Waals surface area contributed by atoms with Crippen molar-refractivity contribution in [1.82, 2.24) is 19.4 Å². The monoisotopic (exact) mass is 328 g/mol. The van der Waals surface area contributed by atoms with Crippen molar-refractivity contribution in [2.45, 2.75) is 13.1 Å². The zero-order chi connectivity index (χ0) is 16.7. The van der Waals surface area contributed by atoms with Gasteiger partial charge in [0, 0.05) is 51.5 Å². The highest BCUT2D eigenvalue weighted by atomic mass is 19.1. The lowest BCUT2D eigenvalue weighted by molar-refractivity contribution is -0.131. The molecule has 0 radical (unpaired) electrons. The number of carbonyl (C=O) groups excluding carboxylic acids is 1. The van der Waals surface area contributed by atoms with Crippen LogP contribution in [-0.2, 0) is 24.9 Å². The van der Waals surface area contributed by atoms with Crippen LogP contribution in [0.25, 0.3) is 0 Å². The van der Waals surface area contributed by atoms with Crippen LogP contribution in [0.3, 0.4) is 0 Å². The van der Waals surface area contributed by atoms with Gasteiger partial charge in [0.05, 0.1) is 12.5 Å². The molecular formula is C18H21FN4O. The maximum absolute atomic E-state index is 13.3. The van der Waals surface area contributed by atoms with Gasteiger partial charge in [-0.3, -0.25) is 9.69 Å². The molecule has 1 amide bonds. The molecule has 126 valence electrons. The van der Waals surface area contributed by atoms with Gasteiger partial charge in [0.15, 0.2) is 0 Å². The normalized spacial score (nSPS) is 23.9. The van der Waals surface area contributed by atoms with E-state index in [9.17, 15) is 9.18 Å². The van der Waals surface area contributed by atoms with Crippen LogP contribution in [0.1, 0.15) is 11.4 Å². The molecule has 0 saturated carbocycles. The topological polar surface area (TPSA) is 41.4 Å². The number of nitrogens with zero attached hydrogens (tertiary/aromatic N) is 4. The van der Waals surface area contributed by atoms with E-state index < -0.39 is 0 Å². The van der Waals surface area contributed by atoms with Gasteiger partial charge in [-0.15, -0.1) is 0 Å². The van der Waals surface area contributed by atoms with Crippen molar-refractivity contribution in [3.8, 4) is 0 Å². The molecule has 2 saturated heterocycles. The molecule has 6 heteroatoms. The molecule has 2 aromatic rings. The Balaban J connectivity index is 1.39. The molecule has 3 heterocycles. The summed E-state index contributed by atoms with van der Waals surface area (Å²) < 4.78 is 15.3. The standard InChI is InChI=1S/C18H21FN4O/c1-21-6-5-20-17(21)12-22-9-14-10-23(18(24)16(14)11-22)8-13-3-2-4-15(19)7-13/h2-7,14,16H,8-12H2,1H3/t14-,16-/m1/s1. The summed E-state index contributed by atoms with van der Waals surface area (Å²) in [6, 6.07) is 6.51. The van der Waals surface area contributed by atoms with E-state index in [2.05, 4.69) is 9.88 Å². The quantitative estimate of drug-likeness (QED) is 0.857. The summed E-state index contributed by atoms with van der Waals surface area (Å²) >= 11 is 0.